The minimum Gasteiger partial charge on any atom is -0.481 e. The number of aliphatic carboxylic acids is 1. The Morgan fingerprint density at radius 2 is 0.569 bits per heavy atom. The fourth-order valence-electron chi connectivity index (χ4n) is 8.46. The molecule has 1 N–H and O–H groups in total. The van der Waals surface area contributed by atoms with Crippen molar-refractivity contribution < 1.29 is 19.4 Å². The molecule has 0 radical (unpaired) electrons. The summed E-state index contributed by atoms with van der Waals surface area (Å²) in [6, 6.07) is 0. The van der Waals surface area contributed by atoms with Crippen molar-refractivity contribution in [3.63, 3.8) is 0 Å². The van der Waals surface area contributed by atoms with Gasteiger partial charge in [-0.15, -0.1) is 0 Å². The van der Waals surface area contributed by atoms with Gasteiger partial charge in [-0.2, -0.15) is 0 Å². The molecule has 0 aliphatic carbocycles. The molecule has 0 unspecified atom stereocenters. The third kappa shape index (κ3) is 52.7. The van der Waals surface area contributed by atoms with Crippen LogP contribution in [0.15, 0.2) is 12.2 Å². The number of carbonyl (C=O) groups excluding carboxylic acids is 1. The topological polar surface area (TPSA) is 63.6 Å². The summed E-state index contributed by atoms with van der Waals surface area (Å²) in [4.78, 5) is 22.6. The molecule has 0 heterocycles. The smallest absolute Gasteiger partial charge is 0.305 e. The number of rotatable bonds is 51. The molecule has 0 aliphatic heterocycles. The lowest BCUT2D eigenvalue weighted by molar-refractivity contribution is -0.144. The standard InChI is InChI=1S/C54H104O4/c1-2-3-4-5-6-7-8-9-10-11-12-20-24-27-30-33-36-39-42-45-48-51-54(57)58-52-49-46-43-40-37-34-31-28-25-22-19-17-15-13-14-16-18-21-23-26-29-32-35-38-41-44-47-50-53(55)56/h9-10H,2-8,11-52H2,1H3,(H,55,56). The second-order valence-electron chi connectivity index (χ2n) is 18.4. The number of carboxylic acid groups (broad SMARTS) is 1. The van der Waals surface area contributed by atoms with Gasteiger partial charge >= 0.3 is 11.9 Å². The van der Waals surface area contributed by atoms with Crippen LogP contribution in [0.1, 0.15) is 315 Å². The molecule has 0 rings (SSSR count). The minimum atomic E-state index is -0.653. The second kappa shape index (κ2) is 51.8. The molecule has 0 amide bonds. The molecule has 344 valence electrons. The first kappa shape index (κ1) is 56.7. The summed E-state index contributed by atoms with van der Waals surface area (Å²) >= 11 is 0. The van der Waals surface area contributed by atoms with Crippen LogP contribution in [0.25, 0.3) is 0 Å². The molecule has 4 nitrogen and oxygen atoms in total. The van der Waals surface area contributed by atoms with Crippen molar-refractivity contribution >= 4 is 11.9 Å². The number of hydrogen-bond donors (Lipinski definition) is 1. The molecular weight excluding hydrogens is 713 g/mol. The number of unbranched alkanes of at least 4 members (excludes halogenated alkanes) is 43. The van der Waals surface area contributed by atoms with Crippen molar-refractivity contribution in [2.45, 2.75) is 315 Å². The normalized spacial score (nSPS) is 11.6. The molecule has 0 aromatic heterocycles. The molecule has 4 heteroatoms. The third-order valence-electron chi connectivity index (χ3n) is 12.4. The predicted molar refractivity (Wildman–Crippen MR) is 255 cm³/mol. The van der Waals surface area contributed by atoms with Gasteiger partial charge in [-0.1, -0.05) is 269 Å². The average Bonchev–Trinajstić information content (AvgIpc) is 3.22. The van der Waals surface area contributed by atoms with E-state index in [-0.39, 0.29) is 5.97 Å². The van der Waals surface area contributed by atoms with E-state index in [1.165, 1.54) is 270 Å². The highest BCUT2D eigenvalue weighted by atomic mass is 16.5. The fourth-order valence-corrected chi connectivity index (χ4v) is 8.46. The Morgan fingerprint density at radius 3 is 0.862 bits per heavy atom. The van der Waals surface area contributed by atoms with Crippen molar-refractivity contribution in [2.24, 2.45) is 0 Å². The first-order chi connectivity index (χ1) is 28.7. The van der Waals surface area contributed by atoms with Crippen molar-refractivity contribution in [1.29, 1.82) is 0 Å². The molecule has 0 aliphatic rings. The number of allylic oxidation sites excluding steroid dienone is 2. The zero-order valence-corrected chi connectivity index (χ0v) is 39.5. The molecule has 0 aromatic rings. The van der Waals surface area contributed by atoms with Crippen LogP contribution in [-0.2, 0) is 14.3 Å². The molecule has 0 atom stereocenters. The van der Waals surface area contributed by atoms with Crippen LogP contribution in [0.2, 0.25) is 0 Å². The molecule has 0 bridgehead atoms. The van der Waals surface area contributed by atoms with E-state index < -0.39 is 5.97 Å². The van der Waals surface area contributed by atoms with Crippen molar-refractivity contribution in [3.05, 3.63) is 12.2 Å². The van der Waals surface area contributed by atoms with Gasteiger partial charge in [-0.05, 0) is 44.9 Å². The number of carboxylic acids is 1. The summed E-state index contributed by atoms with van der Waals surface area (Å²) in [7, 11) is 0. The van der Waals surface area contributed by atoms with Crippen molar-refractivity contribution in [2.75, 3.05) is 6.61 Å². The largest absolute Gasteiger partial charge is 0.481 e. The van der Waals surface area contributed by atoms with Crippen LogP contribution in [0.3, 0.4) is 0 Å². The van der Waals surface area contributed by atoms with Crippen LogP contribution in [0, 0.1) is 0 Å². The molecular formula is C54H104O4. The zero-order valence-electron chi connectivity index (χ0n) is 39.5. The maximum Gasteiger partial charge on any atom is 0.305 e. The number of hydrogen-bond acceptors (Lipinski definition) is 3. The highest BCUT2D eigenvalue weighted by Crippen LogP contribution is 2.17. The quantitative estimate of drug-likeness (QED) is 0.0377. The second-order valence-corrected chi connectivity index (χ2v) is 18.4. The Hall–Kier alpha value is -1.32. The van der Waals surface area contributed by atoms with E-state index in [1.807, 2.05) is 0 Å². The van der Waals surface area contributed by atoms with E-state index in [9.17, 15) is 9.59 Å². The fraction of sp³-hybridized carbons (Fsp3) is 0.926. The van der Waals surface area contributed by atoms with E-state index in [0.29, 0.717) is 19.4 Å². The lowest BCUT2D eigenvalue weighted by atomic mass is 10.0. The summed E-state index contributed by atoms with van der Waals surface area (Å²) in [5.74, 6) is -0.631. The maximum atomic E-state index is 12.1. The highest BCUT2D eigenvalue weighted by Gasteiger charge is 2.03. The van der Waals surface area contributed by atoms with Gasteiger partial charge < -0.3 is 9.84 Å². The van der Waals surface area contributed by atoms with Crippen LogP contribution in [0.5, 0.6) is 0 Å². The van der Waals surface area contributed by atoms with Gasteiger partial charge in [0.2, 0.25) is 0 Å². The first-order valence-electron chi connectivity index (χ1n) is 26.7. The van der Waals surface area contributed by atoms with E-state index in [2.05, 4.69) is 19.1 Å². The van der Waals surface area contributed by atoms with E-state index in [1.54, 1.807) is 0 Å². The molecule has 0 aromatic carbocycles. The zero-order chi connectivity index (χ0) is 41.9. The van der Waals surface area contributed by atoms with Gasteiger partial charge in [0.25, 0.3) is 0 Å². The summed E-state index contributed by atoms with van der Waals surface area (Å²) < 4.78 is 5.50. The first-order valence-corrected chi connectivity index (χ1v) is 26.7. The number of ether oxygens (including phenoxy) is 1. The SMILES string of the molecule is CCCCCCCCC=CCCCCCCCCCCCCCC(=O)OCCCCCCCCCCCCCCCCCCCCCCCCCCCCCC(=O)O. The van der Waals surface area contributed by atoms with E-state index in [0.717, 1.165) is 25.7 Å². The monoisotopic (exact) mass is 817 g/mol. The molecule has 0 saturated heterocycles. The predicted octanol–water partition coefficient (Wildman–Crippen LogP) is 18.9. The Bertz CT molecular complexity index is 822. The van der Waals surface area contributed by atoms with Gasteiger partial charge in [-0.3, -0.25) is 9.59 Å². The Balaban J connectivity index is 3.16. The molecule has 0 fully saturated rings. The summed E-state index contributed by atoms with van der Waals surface area (Å²) in [5, 5.41) is 8.67. The lowest BCUT2D eigenvalue weighted by Crippen LogP contribution is -2.05. The Labute approximate surface area is 364 Å². The summed E-state index contributed by atoms with van der Waals surface area (Å²) in [6.45, 7) is 2.91. The summed E-state index contributed by atoms with van der Waals surface area (Å²) in [5.41, 5.74) is 0. The Morgan fingerprint density at radius 1 is 0.328 bits per heavy atom. The van der Waals surface area contributed by atoms with Crippen molar-refractivity contribution in [3.8, 4) is 0 Å². The van der Waals surface area contributed by atoms with Gasteiger partial charge in [0.15, 0.2) is 0 Å². The van der Waals surface area contributed by atoms with Gasteiger partial charge in [0, 0.05) is 12.8 Å². The highest BCUT2D eigenvalue weighted by molar-refractivity contribution is 5.69. The third-order valence-corrected chi connectivity index (χ3v) is 12.4. The van der Waals surface area contributed by atoms with Gasteiger partial charge in [-0.25, -0.2) is 0 Å². The van der Waals surface area contributed by atoms with Gasteiger partial charge in [0.1, 0.15) is 0 Å². The number of carbonyl (C=O) groups is 2. The Kier molecular flexibility index (Phi) is 50.6. The molecule has 0 saturated carbocycles. The van der Waals surface area contributed by atoms with Crippen LogP contribution in [-0.4, -0.2) is 23.7 Å². The lowest BCUT2D eigenvalue weighted by Gasteiger charge is -2.06. The van der Waals surface area contributed by atoms with Crippen LogP contribution >= 0.6 is 0 Å². The van der Waals surface area contributed by atoms with Gasteiger partial charge in [0.05, 0.1) is 6.61 Å². The minimum absolute atomic E-state index is 0.0223. The summed E-state index contributed by atoms with van der Waals surface area (Å²) in [6.07, 6.45) is 67.3. The van der Waals surface area contributed by atoms with E-state index >= 15 is 0 Å². The molecule has 0 spiro atoms. The van der Waals surface area contributed by atoms with Crippen molar-refractivity contribution in [1.82, 2.24) is 0 Å². The van der Waals surface area contributed by atoms with Crippen LogP contribution < -0.4 is 0 Å². The maximum absolute atomic E-state index is 12.1. The number of esters is 1. The van der Waals surface area contributed by atoms with Crippen LogP contribution in [0.4, 0.5) is 0 Å². The average molecular weight is 817 g/mol. The van der Waals surface area contributed by atoms with E-state index in [4.69, 9.17) is 9.84 Å². The molecule has 58 heavy (non-hydrogen) atoms.